The molecule has 0 unspecified atom stereocenters. The van der Waals surface area contributed by atoms with Gasteiger partial charge in [-0.1, -0.05) is 19.1 Å². The summed E-state index contributed by atoms with van der Waals surface area (Å²) in [6.07, 6.45) is -0.147. The summed E-state index contributed by atoms with van der Waals surface area (Å²) in [6.45, 7) is 5.40. The molecule has 1 aromatic heterocycles. The summed E-state index contributed by atoms with van der Waals surface area (Å²) in [5.41, 5.74) is 2.21. The zero-order valence-corrected chi connectivity index (χ0v) is 15.7. The number of anilines is 2. The van der Waals surface area contributed by atoms with E-state index in [1.54, 1.807) is 30.3 Å². The Hall–Kier alpha value is -2.67. The average molecular weight is 372 g/mol. The number of benzene rings is 1. The first-order chi connectivity index (χ1) is 12.4. The molecule has 1 aliphatic rings. The lowest BCUT2D eigenvalue weighted by atomic mass is 10.1. The van der Waals surface area contributed by atoms with Crippen LogP contribution in [0.3, 0.4) is 0 Å². The predicted molar refractivity (Wildman–Crippen MR) is 101 cm³/mol. The maximum Gasteiger partial charge on any atom is 0.349 e. The second-order valence-electron chi connectivity index (χ2n) is 6.11. The van der Waals surface area contributed by atoms with E-state index in [2.05, 4.69) is 5.32 Å². The Labute approximate surface area is 155 Å². The van der Waals surface area contributed by atoms with Crippen molar-refractivity contribution >= 4 is 40.5 Å². The smallest absolute Gasteiger partial charge is 0.349 e. The van der Waals surface area contributed by atoms with Crippen LogP contribution in [-0.4, -0.2) is 30.4 Å². The lowest BCUT2D eigenvalue weighted by molar-refractivity contribution is -0.128. The van der Waals surface area contributed by atoms with Gasteiger partial charge in [0.1, 0.15) is 11.4 Å². The summed E-state index contributed by atoms with van der Waals surface area (Å²) >= 11 is 1.38. The molecular formula is C19H20N2O4S. The third-order valence-electron chi connectivity index (χ3n) is 4.21. The predicted octanol–water partition coefficient (Wildman–Crippen LogP) is 3.15. The van der Waals surface area contributed by atoms with E-state index in [0.717, 1.165) is 16.9 Å². The summed E-state index contributed by atoms with van der Waals surface area (Å²) in [4.78, 5) is 40.0. The van der Waals surface area contributed by atoms with Crippen molar-refractivity contribution in [1.29, 1.82) is 0 Å². The van der Waals surface area contributed by atoms with Crippen LogP contribution in [0.1, 0.15) is 34.0 Å². The van der Waals surface area contributed by atoms with Crippen LogP contribution in [0.25, 0.3) is 0 Å². The molecule has 1 atom stereocenters. The average Bonchev–Trinajstić information content (AvgIpc) is 3.01. The van der Waals surface area contributed by atoms with Gasteiger partial charge in [0.15, 0.2) is 6.10 Å². The van der Waals surface area contributed by atoms with Gasteiger partial charge in [0.05, 0.1) is 11.4 Å². The van der Waals surface area contributed by atoms with Crippen LogP contribution in [0.5, 0.6) is 0 Å². The van der Waals surface area contributed by atoms with E-state index >= 15 is 0 Å². The molecular weight excluding hydrogens is 352 g/mol. The van der Waals surface area contributed by atoms with Gasteiger partial charge in [0.2, 0.25) is 5.91 Å². The molecule has 0 spiro atoms. The second-order valence-corrected chi connectivity index (χ2v) is 7.24. The topological polar surface area (TPSA) is 75.7 Å². The maximum absolute atomic E-state index is 12.8. The third kappa shape index (κ3) is 3.48. The Balaban J connectivity index is 1.75. The quantitative estimate of drug-likeness (QED) is 0.837. The molecule has 0 fully saturated rings. The molecule has 0 saturated heterocycles. The number of fused-ring (bicyclic) bond motifs is 1. The van der Waals surface area contributed by atoms with E-state index in [9.17, 15) is 14.4 Å². The standard InChI is InChI=1S/C19H20N2O4S/c1-4-15-11(2)9-16(26-15)19(24)25-12(3)18(23)21-10-17(22)20-13-7-5-6-8-14(13)21/h5-9,12H,4,10H2,1-3H3,(H,20,22)/t12-/m1/s1. The lowest BCUT2D eigenvalue weighted by Gasteiger charge is -2.30. The van der Waals surface area contributed by atoms with Crippen LogP contribution in [0.4, 0.5) is 11.4 Å². The lowest BCUT2D eigenvalue weighted by Crippen LogP contribution is -2.47. The van der Waals surface area contributed by atoms with Crippen LogP contribution in [0.15, 0.2) is 30.3 Å². The van der Waals surface area contributed by atoms with E-state index in [1.165, 1.54) is 23.2 Å². The first-order valence-corrected chi connectivity index (χ1v) is 9.23. The van der Waals surface area contributed by atoms with E-state index < -0.39 is 18.0 Å². The molecule has 7 heteroatoms. The van der Waals surface area contributed by atoms with Crippen LogP contribution >= 0.6 is 11.3 Å². The van der Waals surface area contributed by atoms with Gasteiger partial charge < -0.3 is 10.1 Å². The van der Waals surface area contributed by atoms with Crippen molar-refractivity contribution in [1.82, 2.24) is 0 Å². The fourth-order valence-corrected chi connectivity index (χ4v) is 3.89. The molecule has 136 valence electrons. The second kappa shape index (κ2) is 7.29. The highest BCUT2D eigenvalue weighted by atomic mass is 32.1. The number of para-hydroxylation sites is 2. The molecule has 26 heavy (non-hydrogen) atoms. The number of rotatable bonds is 4. The molecule has 2 amide bonds. The monoisotopic (exact) mass is 372 g/mol. The summed E-state index contributed by atoms with van der Waals surface area (Å²) in [6, 6.07) is 8.82. The largest absolute Gasteiger partial charge is 0.448 e. The van der Waals surface area contributed by atoms with E-state index in [-0.39, 0.29) is 12.5 Å². The van der Waals surface area contributed by atoms with Crippen molar-refractivity contribution in [2.75, 3.05) is 16.8 Å². The number of nitrogens with zero attached hydrogens (tertiary/aromatic N) is 1. The molecule has 0 bridgehead atoms. The number of thiophene rings is 1. The van der Waals surface area contributed by atoms with Gasteiger partial charge in [-0.15, -0.1) is 11.3 Å². The van der Waals surface area contributed by atoms with Crippen LogP contribution in [0.2, 0.25) is 0 Å². The maximum atomic E-state index is 12.8. The van der Waals surface area contributed by atoms with Crippen molar-refractivity contribution in [3.8, 4) is 0 Å². The summed E-state index contributed by atoms with van der Waals surface area (Å²) in [5, 5.41) is 2.73. The number of aryl methyl sites for hydroxylation is 2. The zero-order chi connectivity index (χ0) is 18.8. The zero-order valence-electron chi connectivity index (χ0n) is 14.9. The van der Waals surface area contributed by atoms with Crippen LogP contribution < -0.4 is 10.2 Å². The minimum absolute atomic E-state index is 0.101. The molecule has 1 N–H and O–H groups in total. The molecule has 0 aliphatic carbocycles. The van der Waals surface area contributed by atoms with Crippen LogP contribution in [-0.2, 0) is 20.7 Å². The number of esters is 1. The fourth-order valence-electron chi connectivity index (χ4n) is 2.89. The number of hydrogen-bond acceptors (Lipinski definition) is 5. The fraction of sp³-hybridized carbons (Fsp3) is 0.316. The molecule has 0 radical (unpaired) electrons. The Kier molecular flexibility index (Phi) is 5.08. The Morgan fingerprint density at radius 1 is 1.35 bits per heavy atom. The Morgan fingerprint density at radius 3 is 2.77 bits per heavy atom. The first-order valence-electron chi connectivity index (χ1n) is 8.41. The molecule has 0 saturated carbocycles. The van der Waals surface area contributed by atoms with Gasteiger partial charge >= 0.3 is 5.97 Å². The van der Waals surface area contributed by atoms with Gasteiger partial charge in [-0.05, 0) is 44.0 Å². The van der Waals surface area contributed by atoms with E-state index in [0.29, 0.717) is 16.3 Å². The van der Waals surface area contributed by atoms with Gasteiger partial charge in [-0.3, -0.25) is 14.5 Å². The van der Waals surface area contributed by atoms with Crippen molar-refractivity contribution in [2.45, 2.75) is 33.3 Å². The summed E-state index contributed by atoms with van der Waals surface area (Å²) < 4.78 is 5.36. The summed E-state index contributed by atoms with van der Waals surface area (Å²) in [7, 11) is 0. The van der Waals surface area contributed by atoms with Crippen molar-refractivity contribution in [3.63, 3.8) is 0 Å². The molecule has 6 nitrogen and oxygen atoms in total. The SMILES string of the molecule is CCc1sc(C(=O)O[C@H](C)C(=O)N2CC(=O)Nc3ccccc32)cc1C. The highest BCUT2D eigenvalue weighted by molar-refractivity contribution is 7.14. The molecule has 1 aromatic carbocycles. The Bertz CT molecular complexity index is 874. The van der Waals surface area contributed by atoms with E-state index in [1.807, 2.05) is 13.8 Å². The highest BCUT2D eigenvalue weighted by Gasteiger charge is 2.31. The highest BCUT2D eigenvalue weighted by Crippen LogP contribution is 2.30. The molecule has 3 rings (SSSR count). The third-order valence-corrected chi connectivity index (χ3v) is 5.57. The molecule has 2 heterocycles. The number of carbonyl (C=O) groups is 3. The number of nitrogens with one attached hydrogen (secondary N) is 1. The number of hydrogen-bond donors (Lipinski definition) is 1. The van der Waals surface area contributed by atoms with Gasteiger partial charge in [0.25, 0.3) is 5.91 Å². The Morgan fingerprint density at radius 2 is 2.08 bits per heavy atom. The minimum Gasteiger partial charge on any atom is -0.448 e. The number of ether oxygens (including phenoxy) is 1. The summed E-state index contributed by atoms with van der Waals surface area (Å²) in [5.74, 6) is -1.23. The van der Waals surface area contributed by atoms with Crippen LogP contribution in [0, 0.1) is 6.92 Å². The molecule has 2 aromatic rings. The van der Waals surface area contributed by atoms with Crippen molar-refractivity contribution in [3.05, 3.63) is 45.6 Å². The first kappa shape index (κ1) is 18.1. The number of amides is 2. The van der Waals surface area contributed by atoms with Crippen molar-refractivity contribution < 1.29 is 19.1 Å². The normalized spacial score (nSPS) is 14.4. The van der Waals surface area contributed by atoms with Crippen molar-refractivity contribution in [2.24, 2.45) is 0 Å². The van der Waals surface area contributed by atoms with Gasteiger partial charge in [0, 0.05) is 4.88 Å². The minimum atomic E-state index is -0.992. The van der Waals surface area contributed by atoms with E-state index in [4.69, 9.17) is 4.74 Å². The van der Waals surface area contributed by atoms with Gasteiger partial charge in [-0.25, -0.2) is 4.79 Å². The number of carbonyl (C=O) groups excluding carboxylic acids is 3. The molecule has 1 aliphatic heterocycles. The van der Waals surface area contributed by atoms with Gasteiger partial charge in [-0.2, -0.15) is 0 Å².